The molecule has 0 spiro atoms. The summed E-state index contributed by atoms with van der Waals surface area (Å²) in [5.41, 5.74) is 12.4. The van der Waals surface area contributed by atoms with Gasteiger partial charge in [-0.15, -0.1) is 11.3 Å². The van der Waals surface area contributed by atoms with E-state index < -0.39 is 24.0 Å². The number of nitrogens with two attached hydrogens (primary N) is 2. The zero-order valence-electron chi connectivity index (χ0n) is 21.2. The first kappa shape index (κ1) is 30.1. The quantitative estimate of drug-likeness (QED) is 0.265. The van der Waals surface area contributed by atoms with Crippen LogP contribution in [0.2, 0.25) is 15.1 Å². The molecule has 0 aliphatic carbocycles. The molecule has 9 nitrogen and oxygen atoms in total. The second-order valence-electron chi connectivity index (χ2n) is 9.26. The molecule has 0 unspecified atom stereocenters. The Hall–Kier alpha value is -2.86. The minimum atomic E-state index is -1.17. The van der Waals surface area contributed by atoms with E-state index in [2.05, 4.69) is 5.32 Å². The number of piperidine rings is 1. The number of benzene rings is 2. The van der Waals surface area contributed by atoms with Crippen molar-refractivity contribution in [1.82, 2.24) is 10.2 Å². The lowest BCUT2D eigenvalue weighted by molar-refractivity contribution is -0.125. The number of carbonyl (C=O) groups excluding carboxylic acids is 3. The van der Waals surface area contributed by atoms with Crippen LogP contribution in [0.15, 0.2) is 42.5 Å². The molecular formula is C27H27Cl3N4O5S. The zero-order valence-corrected chi connectivity index (χ0v) is 24.3. The molecule has 1 aromatic heterocycles. The number of amides is 3. The SMILES string of the molecule is NC(=O)C1(N)CCN(C(=O)c2sc(-c3ccc(Cl)cc3Cl)c(-c3ccc(Cl)cc3)c2OCCNC(=O)CO)CC1. The number of hydrogen-bond acceptors (Lipinski definition) is 7. The van der Waals surface area contributed by atoms with Gasteiger partial charge in [0.15, 0.2) is 5.75 Å². The highest BCUT2D eigenvalue weighted by atomic mass is 35.5. The highest BCUT2D eigenvalue weighted by Gasteiger charge is 2.39. The Labute approximate surface area is 249 Å². The smallest absolute Gasteiger partial charge is 0.267 e. The summed E-state index contributed by atoms with van der Waals surface area (Å²) in [7, 11) is 0. The molecule has 0 atom stereocenters. The Bertz CT molecular complexity index is 1420. The fourth-order valence-corrected chi connectivity index (χ4v) is 6.29. The van der Waals surface area contributed by atoms with E-state index in [9.17, 15) is 14.4 Å². The average Bonchev–Trinajstić information content (AvgIpc) is 3.30. The van der Waals surface area contributed by atoms with E-state index in [0.29, 0.717) is 41.7 Å². The van der Waals surface area contributed by atoms with Crippen molar-refractivity contribution < 1.29 is 24.2 Å². The number of halogens is 3. The molecule has 212 valence electrons. The van der Waals surface area contributed by atoms with Gasteiger partial charge in [-0.05, 0) is 42.7 Å². The first-order chi connectivity index (χ1) is 19.0. The monoisotopic (exact) mass is 624 g/mol. The number of likely N-dealkylation sites (tertiary alicyclic amines) is 1. The third kappa shape index (κ3) is 6.54. The summed E-state index contributed by atoms with van der Waals surface area (Å²) in [6.07, 6.45) is 0.450. The first-order valence-electron chi connectivity index (χ1n) is 12.3. The second-order valence-corrected chi connectivity index (χ2v) is 11.6. The first-order valence-corrected chi connectivity index (χ1v) is 14.3. The van der Waals surface area contributed by atoms with Crippen LogP contribution >= 0.6 is 46.1 Å². The summed E-state index contributed by atoms with van der Waals surface area (Å²) in [5.74, 6) is -1.16. The number of carbonyl (C=O) groups is 3. The minimum absolute atomic E-state index is 0.0186. The molecule has 3 aromatic rings. The Morgan fingerprint density at radius 1 is 1.05 bits per heavy atom. The molecule has 2 heterocycles. The highest BCUT2D eigenvalue weighted by molar-refractivity contribution is 7.18. The lowest BCUT2D eigenvalue weighted by Gasteiger charge is -2.36. The van der Waals surface area contributed by atoms with E-state index in [4.69, 9.17) is 56.1 Å². The number of rotatable bonds is 9. The van der Waals surface area contributed by atoms with E-state index in [1.54, 1.807) is 35.2 Å². The van der Waals surface area contributed by atoms with Gasteiger partial charge in [-0.2, -0.15) is 0 Å². The Kier molecular flexibility index (Phi) is 9.60. The minimum Gasteiger partial charge on any atom is -0.489 e. The summed E-state index contributed by atoms with van der Waals surface area (Å²) < 4.78 is 6.17. The molecule has 13 heteroatoms. The van der Waals surface area contributed by atoms with Crippen LogP contribution in [0, 0.1) is 0 Å². The summed E-state index contributed by atoms with van der Waals surface area (Å²) in [5, 5.41) is 12.9. The third-order valence-electron chi connectivity index (χ3n) is 6.62. The standard InChI is InChI=1S/C27H27Cl3N4O5S/c28-16-3-1-15(2-4-16)21-22(39-12-9-33-20(36)14-35)24(40-23(21)18-6-5-17(29)13-19(18)30)25(37)34-10-7-27(32,8-11-34)26(31)38/h1-6,13,35H,7-12,14,32H2,(H2,31,38)(H,33,36). The van der Waals surface area contributed by atoms with Crippen molar-refractivity contribution in [2.45, 2.75) is 18.4 Å². The number of nitrogens with one attached hydrogen (secondary N) is 1. The van der Waals surface area contributed by atoms with Gasteiger partial charge in [0.05, 0.1) is 17.1 Å². The number of primary amides is 1. The van der Waals surface area contributed by atoms with Crippen LogP contribution < -0.4 is 21.5 Å². The molecule has 1 fully saturated rings. The Balaban J connectivity index is 1.81. The molecule has 40 heavy (non-hydrogen) atoms. The van der Waals surface area contributed by atoms with Crippen molar-refractivity contribution in [2.75, 3.05) is 32.8 Å². The topological polar surface area (TPSA) is 148 Å². The van der Waals surface area contributed by atoms with Crippen molar-refractivity contribution in [3.63, 3.8) is 0 Å². The maximum absolute atomic E-state index is 13.9. The number of hydrogen-bond donors (Lipinski definition) is 4. The van der Waals surface area contributed by atoms with Crippen molar-refractivity contribution in [3.8, 4) is 27.3 Å². The van der Waals surface area contributed by atoms with Gasteiger partial charge in [0.2, 0.25) is 11.8 Å². The Morgan fingerprint density at radius 2 is 1.70 bits per heavy atom. The van der Waals surface area contributed by atoms with E-state index in [1.165, 1.54) is 11.3 Å². The molecule has 1 saturated heterocycles. The van der Waals surface area contributed by atoms with Gasteiger partial charge in [0.1, 0.15) is 18.1 Å². The fourth-order valence-electron chi connectivity index (χ4n) is 4.33. The van der Waals surface area contributed by atoms with E-state index in [-0.39, 0.29) is 45.0 Å². The van der Waals surface area contributed by atoms with Crippen molar-refractivity contribution in [2.24, 2.45) is 11.5 Å². The molecule has 2 aromatic carbocycles. The van der Waals surface area contributed by atoms with Crippen LogP contribution in [-0.2, 0) is 9.59 Å². The highest BCUT2D eigenvalue weighted by Crippen LogP contribution is 2.50. The molecule has 1 aliphatic rings. The molecule has 6 N–H and O–H groups in total. The number of aliphatic hydroxyl groups excluding tert-OH is 1. The Morgan fingerprint density at radius 3 is 2.30 bits per heavy atom. The molecular weight excluding hydrogens is 599 g/mol. The number of thiophene rings is 1. The average molecular weight is 626 g/mol. The van der Waals surface area contributed by atoms with Gasteiger partial charge in [-0.3, -0.25) is 14.4 Å². The summed E-state index contributed by atoms with van der Waals surface area (Å²) in [6, 6.07) is 12.2. The van der Waals surface area contributed by atoms with Gasteiger partial charge in [-0.25, -0.2) is 0 Å². The van der Waals surface area contributed by atoms with Crippen LogP contribution in [-0.4, -0.2) is 66.1 Å². The summed E-state index contributed by atoms with van der Waals surface area (Å²) >= 11 is 20.1. The lowest BCUT2D eigenvalue weighted by Crippen LogP contribution is -2.58. The molecule has 0 radical (unpaired) electrons. The summed E-state index contributed by atoms with van der Waals surface area (Å²) in [6.45, 7) is -0.0754. The second kappa shape index (κ2) is 12.8. The number of ether oxygens (including phenoxy) is 1. The van der Waals surface area contributed by atoms with Crippen LogP contribution in [0.5, 0.6) is 5.75 Å². The lowest BCUT2D eigenvalue weighted by atomic mass is 9.88. The number of nitrogens with zero attached hydrogens (tertiary/aromatic N) is 1. The van der Waals surface area contributed by atoms with Gasteiger partial charge in [-0.1, -0.05) is 53.0 Å². The predicted molar refractivity (Wildman–Crippen MR) is 157 cm³/mol. The predicted octanol–water partition coefficient (Wildman–Crippen LogP) is 3.95. The molecule has 0 saturated carbocycles. The van der Waals surface area contributed by atoms with Gasteiger partial charge >= 0.3 is 0 Å². The van der Waals surface area contributed by atoms with Crippen molar-refractivity contribution >= 4 is 63.9 Å². The molecule has 4 rings (SSSR count). The zero-order chi connectivity index (χ0) is 29.0. The normalized spacial score (nSPS) is 14.6. The van der Waals surface area contributed by atoms with Gasteiger partial charge < -0.3 is 31.5 Å². The fraction of sp³-hybridized carbons (Fsp3) is 0.296. The largest absolute Gasteiger partial charge is 0.489 e. The van der Waals surface area contributed by atoms with E-state index in [1.807, 2.05) is 12.1 Å². The van der Waals surface area contributed by atoms with Crippen LogP contribution in [0.1, 0.15) is 22.5 Å². The van der Waals surface area contributed by atoms with Crippen LogP contribution in [0.3, 0.4) is 0 Å². The molecule has 0 bridgehead atoms. The third-order valence-corrected chi connectivity index (χ3v) is 8.61. The van der Waals surface area contributed by atoms with E-state index in [0.717, 1.165) is 5.56 Å². The molecule has 1 aliphatic heterocycles. The van der Waals surface area contributed by atoms with E-state index >= 15 is 0 Å². The van der Waals surface area contributed by atoms with Crippen LogP contribution in [0.4, 0.5) is 0 Å². The maximum atomic E-state index is 13.9. The molecule has 3 amide bonds. The van der Waals surface area contributed by atoms with Gasteiger partial charge in [0.25, 0.3) is 5.91 Å². The van der Waals surface area contributed by atoms with Crippen LogP contribution in [0.25, 0.3) is 21.6 Å². The number of aliphatic hydroxyl groups is 1. The van der Waals surface area contributed by atoms with Crippen molar-refractivity contribution in [3.05, 3.63) is 62.4 Å². The maximum Gasteiger partial charge on any atom is 0.267 e. The summed E-state index contributed by atoms with van der Waals surface area (Å²) in [4.78, 5) is 39.9. The van der Waals surface area contributed by atoms with Crippen molar-refractivity contribution in [1.29, 1.82) is 0 Å². The van der Waals surface area contributed by atoms with Gasteiger partial charge in [0, 0.05) is 39.1 Å².